The molecule has 0 heterocycles. The highest BCUT2D eigenvalue weighted by atomic mass is 16.4. The predicted octanol–water partition coefficient (Wildman–Crippen LogP) is -3.19. The number of aliphatic carboxylic acids is 1. The molecule has 10 heteroatoms. The maximum absolute atomic E-state index is 11.6. The second kappa shape index (κ2) is 8.69. The molecule has 0 aliphatic carbocycles. The summed E-state index contributed by atoms with van der Waals surface area (Å²) in [6.45, 7) is 0.317. The highest BCUT2D eigenvalue weighted by Crippen LogP contribution is 1.98. The van der Waals surface area contributed by atoms with Crippen LogP contribution in [-0.2, 0) is 14.4 Å². The minimum absolute atomic E-state index is 0.0572. The monoisotopic (exact) mass is 288 g/mol. The van der Waals surface area contributed by atoms with Gasteiger partial charge in [0.05, 0.1) is 12.5 Å². The van der Waals surface area contributed by atoms with Crippen LogP contribution in [0.4, 0.5) is 0 Å². The van der Waals surface area contributed by atoms with Gasteiger partial charge in [-0.3, -0.25) is 19.4 Å². The van der Waals surface area contributed by atoms with E-state index in [0.29, 0.717) is 13.0 Å². The number of amides is 2. The molecule has 2 amide bonds. The van der Waals surface area contributed by atoms with Crippen LogP contribution in [0.1, 0.15) is 19.3 Å². The minimum Gasteiger partial charge on any atom is -0.481 e. The third-order valence-electron chi connectivity index (χ3n) is 2.34. The van der Waals surface area contributed by atoms with Gasteiger partial charge in [-0.15, -0.1) is 0 Å². The average Bonchev–Trinajstić information content (AvgIpc) is 2.32. The van der Waals surface area contributed by atoms with Gasteiger partial charge in [-0.2, -0.15) is 0 Å². The number of rotatable bonds is 9. The van der Waals surface area contributed by atoms with Crippen LogP contribution in [-0.4, -0.2) is 47.5 Å². The summed E-state index contributed by atoms with van der Waals surface area (Å²) in [4.78, 5) is 36.9. The van der Waals surface area contributed by atoms with Crippen molar-refractivity contribution in [3.8, 4) is 0 Å². The smallest absolute Gasteiger partial charge is 0.305 e. The molecule has 0 aromatic rings. The van der Waals surface area contributed by atoms with Gasteiger partial charge in [-0.05, 0) is 12.8 Å². The van der Waals surface area contributed by atoms with Gasteiger partial charge in [-0.1, -0.05) is 0 Å². The van der Waals surface area contributed by atoms with Gasteiger partial charge < -0.3 is 33.4 Å². The molecule has 20 heavy (non-hydrogen) atoms. The Morgan fingerprint density at radius 1 is 1.20 bits per heavy atom. The normalized spacial score (nSPS) is 13.1. The molecule has 0 spiro atoms. The van der Waals surface area contributed by atoms with Crippen LogP contribution in [0.5, 0.6) is 0 Å². The topological polar surface area (TPSA) is 200 Å². The molecule has 0 radical (unpaired) electrons. The molecule has 2 atom stereocenters. The molecule has 0 rings (SSSR count). The van der Waals surface area contributed by atoms with Crippen molar-refractivity contribution in [1.29, 1.82) is 0 Å². The van der Waals surface area contributed by atoms with E-state index in [1.54, 1.807) is 0 Å². The number of aliphatic imine (C=N–C) groups is 1. The molecule has 0 aliphatic rings. The van der Waals surface area contributed by atoms with Crippen LogP contribution in [0.2, 0.25) is 0 Å². The second-order valence-electron chi connectivity index (χ2n) is 4.12. The highest BCUT2D eigenvalue weighted by Gasteiger charge is 2.23. The number of carboxylic acid groups (broad SMARTS) is 1. The molecule has 114 valence electrons. The number of hydrogen-bond acceptors (Lipinski definition) is 5. The Labute approximate surface area is 115 Å². The lowest BCUT2D eigenvalue weighted by atomic mass is 10.1. The molecular formula is C10H20N6O4. The number of carbonyl (C=O) groups excluding carboxylic acids is 2. The van der Waals surface area contributed by atoms with Crippen molar-refractivity contribution >= 4 is 23.7 Å². The molecule has 0 fully saturated rings. The third kappa shape index (κ3) is 7.87. The quantitative estimate of drug-likeness (QED) is 0.146. The standard InChI is InChI=1S/C10H20N6O4/c11-5(2-1-3-15-10(13)14)9(20)16-6(8(12)19)4-7(17)18/h5-6H,1-4,11H2,(H2,12,19)(H,16,20)(H,17,18)(H4,13,14,15)/t5-,6-/m0/s1. The summed E-state index contributed by atoms with van der Waals surface area (Å²) in [5, 5.41) is 10.8. The number of guanidine groups is 1. The Balaban J connectivity index is 4.25. The number of nitrogens with two attached hydrogens (primary N) is 4. The van der Waals surface area contributed by atoms with Crippen molar-refractivity contribution in [3.05, 3.63) is 0 Å². The van der Waals surface area contributed by atoms with E-state index in [2.05, 4.69) is 10.3 Å². The molecule has 0 saturated heterocycles. The maximum atomic E-state index is 11.6. The number of carbonyl (C=O) groups is 3. The molecule has 0 aliphatic heterocycles. The zero-order chi connectivity index (χ0) is 15.7. The molecule has 0 saturated carbocycles. The average molecular weight is 288 g/mol. The number of primary amides is 1. The number of nitrogens with zero attached hydrogens (tertiary/aromatic N) is 1. The summed E-state index contributed by atoms with van der Waals surface area (Å²) in [5.74, 6) is -2.90. The Morgan fingerprint density at radius 3 is 2.25 bits per heavy atom. The Bertz CT molecular complexity index is 393. The van der Waals surface area contributed by atoms with E-state index in [9.17, 15) is 14.4 Å². The minimum atomic E-state index is -1.29. The molecule has 0 unspecified atom stereocenters. The molecule has 0 aromatic carbocycles. The first kappa shape index (κ1) is 17.6. The van der Waals surface area contributed by atoms with Gasteiger partial charge in [0.2, 0.25) is 11.8 Å². The van der Waals surface area contributed by atoms with Crippen LogP contribution in [0.3, 0.4) is 0 Å². The molecule has 0 aromatic heterocycles. The van der Waals surface area contributed by atoms with Crippen molar-refractivity contribution in [1.82, 2.24) is 5.32 Å². The summed E-state index contributed by atoms with van der Waals surface area (Å²) in [5.41, 5.74) is 20.8. The van der Waals surface area contributed by atoms with Crippen LogP contribution in [0.15, 0.2) is 4.99 Å². The first-order chi connectivity index (χ1) is 9.23. The van der Waals surface area contributed by atoms with Crippen molar-refractivity contribution < 1.29 is 19.5 Å². The van der Waals surface area contributed by atoms with Gasteiger partial charge in [-0.25, -0.2) is 0 Å². The molecule has 10 N–H and O–H groups in total. The zero-order valence-corrected chi connectivity index (χ0v) is 10.9. The van der Waals surface area contributed by atoms with Crippen LogP contribution in [0, 0.1) is 0 Å². The largest absolute Gasteiger partial charge is 0.481 e. The Morgan fingerprint density at radius 2 is 1.80 bits per heavy atom. The van der Waals surface area contributed by atoms with Gasteiger partial charge >= 0.3 is 5.97 Å². The number of hydrogen-bond donors (Lipinski definition) is 6. The van der Waals surface area contributed by atoms with E-state index in [1.165, 1.54) is 0 Å². The maximum Gasteiger partial charge on any atom is 0.305 e. The van der Waals surface area contributed by atoms with Gasteiger partial charge in [0.25, 0.3) is 0 Å². The van der Waals surface area contributed by atoms with E-state index in [0.717, 1.165) is 0 Å². The summed E-state index contributed by atoms with van der Waals surface area (Å²) in [7, 11) is 0. The first-order valence-electron chi connectivity index (χ1n) is 5.86. The molecular weight excluding hydrogens is 268 g/mol. The van der Waals surface area contributed by atoms with Crippen molar-refractivity contribution in [2.75, 3.05) is 6.54 Å². The zero-order valence-electron chi connectivity index (χ0n) is 10.9. The van der Waals surface area contributed by atoms with Crippen LogP contribution in [0.25, 0.3) is 0 Å². The molecule has 0 bridgehead atoms. The number of carboxylic acids is 1. The van der Waals surface area contributed by atoms with Crippen molar-refractivity contribution in [2.45, 2.75) is 31.3 Å². The highest BCUT2D eigenvalue weighted by molar-refractivity contribution is 5.91. The fourth-order valence-corrected chi connectivity index (χ4v) is 1.33. The van der Waals surface area contributed by atoms with E-state index in [-0.39, 0.29) is 12.4 Å². The van der Waals surface area contributed by atoms with Crippen LogP contribution < -0.4 is 28.3 Å². The van der Waals surface area contributed by atoms with E-state index in [1.807, 2.05) is 0 Å². The SMILES string of the molecule is NC(=O)[C@H](CC(=O)O)NC(=O)[C@@H](N)CCCN=C(N)N. The van der Waals surface area contributed by atoms with Gasteiger partial charge in [0.1, 0.15) is 6.04 Å². The van der Waals surface area contributed by atoms with E-state index < -0.39 is 36.3 Å². The lowest BCUT2D eigenvalue weighted by Crippen LogP contribution is -2.51. The van der Waals surface area contributed by atoms with Crippen molar-refractivity contribution in [3.63, 3.8) is 0 Å². The Kier molecular flexibility index (Phi) is 7.67. The summed E-state index contributed by atoms with van der Waals surface area (Å²) in [6, 6.07) is -2.19. The third-order valence-corrected chi connectivity index (χ3v) is 2.34. The van der Waals surface area contributed by atoms with E-state index >= 15 is 0 Å². The lowest BCUT2D eigenvalue weighted by molar-refractivity contribution is -0.140. The first-order valence-corrected chi connectivity index (χ1v) is 5.86. The van der Waals surface area contributed by atoms with Crippen LogP contribution >= 0.6 is 0 Å². The summed E-state index contributed by atoms with van der Waals surface area (Å²) in [6.07, 6.45) is 0.148. The van der Waals surface area contributed by atoms with Gasteiger partial charge in [0, 0.05) is 6.54 Å². The fraction of sp³-hybridized carbons (Fsp3) is 0.600. The predicted molar refractivity (Wildman–Crippen MR) is 71.3 cm³/mol. The fourth-order valence-electron chi connectivity index (χ4n) is 1.33. The summed E-state index contributed by atoms with van der Waals surface area (Å²) < 4.78 is 0. The lowest BCUT2D eigenvalue weighted by Gasteiger charge is -2.16. The second-order valence-corrected chi connectivity index (χ2v) is 4.12. The Hall–Kier alpha value is -2.36. The summed E-state index contributed by atoms with van der Waals surface area (Å²) >= 11 is 0. The van der Waals surface area contributed by atoms with Crippen molar-refractivity contribution in [2.24, 2.45) is 27.9 Å². The van der Waals surface area contributed by atoms with E-state index in [4.69, 9.17) is 28.0 Å². The molecule has 10 nitrogen and oxygen atoms in total. The van der Waals surface area contributed by atoms with Gasteiger partial charge in [0.15, 0.2) is 5.96 Å². The number of nitrogens with one attached hydrogen (secondary N) is 1.